The fourth-order valence-corrected chi connectivity index (χ4v) is 1.82. The summed E-state index contributed by atoms with van der Waals surface area (Å²) in [5.74, 6) is 0.112. The summed E-state index contributed by atoms with van der Waals surface area (Å²) in [4.78, 5) is 11.6. The molecule has 1 saturated heterocycles. The van der Waals surface area contributed by atoms with Crippen LogP contribution < -0.4 is 10.6 Å². The third kappa shape index (κ3) is 4.68. The Morgan fingerprint density at radius 2 is 2.25 bits per heavy atom. The van der Waals surface area contributed by atoms with E-state index in [-0.39, 0.29) is 29.8 Å². The number of ether oxygens (including phenoxy) is 1. The molecule has 2 N–H and O–H groups in total. The Labute approximate surface area is 104 Å². The molecule has 0 saturated carbocycles. The van der Waals surface area contributed by atoms with E-state index in [2.05, 4.69) is 17.6 Å². The van der Waals surface area contributed by atoms with E-state index >= 15 is 0 Å². The van der Waals surface area contributed by atoms with Gasteiger partial charge in [0.2, 0.25) is 5.91 Å². The smallest absolute Gasteiger partial charge is 0.224 e. The van der Waals surface area contributed by atoms with Gasteiger partial charge in [-0.1, -0.05) is 6.92 Å². The van der Waals surface area contributed by atoms with Gasteiger partial charge < -0.3 is 15.4 Å². The highest BCUT2D eigenvalue weighted by atomic mass is 35.5. The van der Waals surface area contributed by atoms with Crippen LogP contribution in [0.25, 0.3) is 0 Å². The van der Waals surface area contributed by atoms with E-state index in [9.17, 15) is 4.79 Å². The van der Waals surface area contributed by atoms with Crippen molar-refractivity contribution < 1.29 is 9.53 Å². The first-order chi connectivity index (χ1) is 7.07. The second kappa shape index (κ2) is 7.09. The number of nitrogens with one attached hydrogen (secondary N) is 2. The number of carbonyl (C=O) groups excluding carboxylic acids is 1. The van der Waals surface area contributed by atoms with E-state index in [1.165, 1.54) is 0 Å². The predicted molar refractivity (Wildman–Crippen MR) is 66.9 cm³/mol. The number of halogens is 1. The Morgan fingerprint density at radius 3 is 2.75 bits per heavy atom. The summed E-state index contributed by atoms with van der Waals surface area (Å²) in [6.07, 6.45) is 2.13. The monoisotopic (exact) mass is 250 g/mol. The molecule has 0 spiro atoms. The molecular formula is C11H23ClN2O2. The summed E-state index contributed by atoms with van der Waals surface area (Å²) in [5, 5.41) is 5.94. The quantitative estimate of drug-likeness (QED) is 0.764. The zero-order valence-corrected chi connectivity index (χ0v) is 11.2. The zero-order valence-electron chi connectivity index (χ0n) is 10.3. The molecule has 96 valence electrons. The normalized spacial score (nSPS) is 25.9. The maximum atomic E-state index is 11.6. The molecule has 1 fully saturated rings. The average Bonchev–Trinajstić information content (AvgIpc) is 2.63. The van der Waals surface area contributed by atoms with Gasteiger partial charge in [-0.25, -0.2) is 0 Å². The Balaban J connectivity index is 0.00000225. The van der Waals surface area contributed by atoms with Crippen molar-refractivity contribution in [2.45, 2.75) is 32.3 Å². The summed E-state index contributed by atoms with van der Waals surface area (Å²) in [7, 11) is 1.85. The van der Waals surface area contributed by atoms with Gasteiger partial charge in [0.1, 0.15) is 0 Å². The van der Waals surface area contributed by atoms with E-state index < -0.39 is 0 Å². The molecular weight excluding hydrogens is 228 g/mol. The van der Waals surface area contributed by atoms with Gasteiger partial charge in [-0.3, -0.25) is 4.79 Å². The van der Waals surface area contributed by atoms with Crippen molar-refractivity contribution in [2.24, 2.45) is 5.92 Å². The van der Waals surface area contributed by atoms with Crippen LogP contribution in [-0.2, 0) is 9.53 Å². The minimum absolute atomic E-state index is 0. The molecule has 2 unspecified atom stereocenters. The lowest BCUT2D eigenvalue weighted by molar-refractivity contribution is -0.125. The molecule has 0 bridgehead atoms. The highest BCUT2D eigenvalue weighted by Crippen LogP contribution is 2.23. The predicted octanol–water partition coefficient (Wildman–Crippen LogP) is 0.949. The van der Waals surface area contributed by atoms with Gasteiger partial charge in [0.15, 0.2) is 0 Å². The lowest BCUT2D eigenvalue weighted by Crippen LogP contribution is -2.43. The zero-order chi connectivity index (χ0) is 11.3. The number of carbonyl (C=O) groups is 1. The van der Waals surface area contributed by atoms with Crippen LogP contribution in [0.15, 0.2) is 0 Å². The van der Waals surface area contributed by atoms with Gasteiger partial charge in [-0.15, -0.1) is 12.4 Å². The van der Waals surface area contributed by atoms with Crippen molar-refractivity contribution in [3.05, 3.63) is 0 Å². The van der Waals surface area contributed by atoms with Crippen LogP contribution in [0, 0.1) is 5.92 Å². The van der Waals surface area contributed by atoms with Crippen LogP contribution in [0.1, 0.15) is 26.7 Å². The maximum Gasteiger partial charge on any atom is 0.224 e. The van der Waals surface area contributed by atoms with Crippen LogP contribution in [-0.4, -0.2) is 38.3 Å². The number of hydrogen-bond donors (Lipinski definition) is 2. The second-order valence-electron chi connectivity index (χ2n) is 4.58. The molecule has 0 aromatic heterocycles. The highest BCUT2D eigenvalue weighted by molar-refractivity contribution is 5.85. The van der Waals surface area contributed by atoms with Crippen LogP contribution >= 0.6 is 12.4 Å². The molecule has 4 nitrogen and oxygen atoms in total. The first kappa shape index (κ1) is 15.7. The van der Waals surface area contributed by atoms with E-state index in [0.717, 1.165) is 19.4 Å². The van der Waals surface area contributed by atoms with Crippen LogP contribution in [0.2, 0.25) is 0 Å². The molecule has 1 aliphatic rings. The first-order valence-electron chi connectivity index (χ1n) is 5.64. The SMILES string of the molecule is CNCC(C)C(=O)NCC1(C)CCCO1.Cl. The molecule has 0 radical (unpaired) electrons. The van der Waals surface area contributed by atoms with E-state index in [1.54, 1.807) is 0 Å². The molecule has 2 atom stereocenters. The van der Waals surface area contributed by atoms with Gasteiger partial charge in [0.05, 0.1) is 5.60 Å². The summed E-state index contributed by atoms with van der Waals surface area (Å²) in [6, 6.07) is 0. The minimum atomic E-state index is -0.144. The molecule has 1 aliphatic heterocycles. The Bertz CT molecular complexity index is 218. The van der Waals surface area contributed by atoms with Crippen molar-refractivity contribution >= 4 is 18.3 Å². The molecule has 16 heavy (non-hydrogen) atoms. The first-order valence-corrected chi connectivity index (χ1v) is 5.64. The summed E-state index contributed by atoms with van der Waals surface area (Å²) in [6.45, 7) is 6.13. The average molecular weight is 251 g/mol. The minimum Gasteiger partial charge on any atom is -0.373 e. The molecule has 1 amide bonds. The van der Waals surface area contributed by atoms with Crippen molar-refractivity contribution in [3.63, 3.8) is 0 Å². The van der Waals surface area contributed by atoms with Gasteiger partial charge >= 0.3 is 0 Å². The van der Waals surface area contributed by atoms with Crippen molar-refractivity contribution in [1.29, 1.82) is 0 Å². The topological polar surface area (TPSA) is 50.4 Å². The van der Waals surface area contributed by atoms with Crippen LogP contribution in [0.3, 0.4) is 0 Å². The largest absolute Gasteiger partial charge is 0.373 e. The lowest BCUT2D eigenvalue weighted by Gasteiger charge is -2.24. The van der Waals surface area contributed by atoms with Crippen LogP contribution in [0.4, 0.5) is 0 Å². The third-order valence-corrected chi connectivity index (χ3v) is 2.89. The Hall–Kier alpha value is -0.320. The second-order valence-corrected chi connectivity index (χ2v) is 4.58. The van der Waals surface area contributed by atoms with E-state index in [1.807, 2.05) is 14.0 Å². The molecule has 0 aromatic carbocycles. The molecule has 0 aromatic rings. The molecule has 1 heterocycles. The van der Waals surface area contributed by atoms with Gasteiger partial charge in [-0.2, -0.15) is 0 Å². The van der Waals surface area contributed by atoms with Crippen LogP contribution in [0.5, 0.6) is 0 Å². The molecule has 5 heteroatoms. The van der Waals surface area contributed by atoms with Gasteiger partial charge in [-0.05, 0) is 26.8 Å². The van der Waals surface area contributed by atoms with Gasteiger partial charge in [0, 0.05) is 25.6 Å². The Kier molecular flexibility index (Phi) is 6.95. The summed E-state index contributed by atoms with van der Waals surface area (Å²) in [5.41, 5.74) is -0.144. The maximum absolute atomic E-state index is 11.6. The van der Waals surface area contributed by atoms with Crippen molar-refractivity contribution in [3.8, 4) is 0 Å². The third-order valence-electron chi connectivity index (χ3n) is 2.89. The van der Waals surface area contributed by atoms with E-state index in [4.69, 9.17) is 4.74 Å². The number of amides is 1. The number of hydrogen-bond acceptors (Lipinski definition) is 3. The lowest BCUT2D eigenvalue weighted by atomic mass is 10.0. The van der Waals surface area contributed by atoms with Crippen molar-refractivity contribution in [2.75, 3.05) is 26.7 Å². The summed E-state index contributed by atoms with van der Waals surface area (Å²) < 4.78 is 5.60. The molecule has 1 rings (SSSR count). The number of rotatable bonds is 5. The van der Waals surface area contributed by atoms with Gasteiger partial charge in [0.25, 0.3) is 0 Å². The fourth-order valence-electron chi connectivity index (χ4n) is 1.82. The fraction of sp³-hybridized carbons (Fsp3) is 0.909. The van der Waals surface area contributed by atoms with Crippen molar-refractivity contribution in [1.82, 2.24) is 10.6 Å². The summed E-state index contributed by atoms with van der Waals surface area (Å²) >= 11 is 0. The highest BCUT2D eigenvalue weighted by Gasteiger charge is 2.30. The molecule has 0 aliphatic carbocycles. The Morgan fingerprint density at radius 1 is 1.56 bits per heavy atom. The standard InChI is InChI=1S/C11H22N2O2.ClH/c1-9(7-12-3)10(14)13-8-11(2)5-4-6-15-11;/h9,12H,4-8H2,1-3H3,(H,13,14);1H. The van der Waals surface area contributed by atoms with E-state index in [0.29, 0.717) is 13.1 Å².